The van der Waals surface area contributed by atoms with Crippen molar-refractivity contribution < 1.29 is 8.78 Å². The van der Waals surface area contributed by atoms with Crippen molar-refractivity contribution in [3.63, 3.8) is 0 Å². The molecule has 0 aliphatic carbocycles. The smallest absolute Gasteiger partial charge is 0.131 e. The third kappa shape index (κ3) is 1.95. The molecule has 1 aliphatic heterocycles. The molecule has 2 atom stereocenters. The molecule has 0 amide bonds. The van der Waals surface area contributed by atoms with E-state index >= 15 is 0 Å². The monoisotopic (exact) mass is 264 g/mol. The molecule has 0 saturated heterocycles. The summed E-state index contributed by atoms with van der Waals surface area (Å²) >= 11 is 1.58. The molecule has 0 radical (unpaired) electrons. The Labute approximate surface area is 107 Å². The van der Waals surface area contributed by atoms with Gasteiger partial charge in [-0.3, -0.25) is 0 Å². The first kappa shape index (κ1) is 11.5. The van der Waals surface area contributed by atoms with Crippen molar-refractivity contribution in [1.82, 2.24) is 0 Å². The molecule has 2 aromatic rings. The molecule has 18 heavy (non-hydrogen) atoms. The van der Waals surface area contributed by atoms with E-state index in [0.29, 0.717) is 6.42 Å². The average molecular weight is 264 g/mol. The Balaban J connectivity index is 1.87. The van der Waals surface area contributed by atoms with Crippen molar-refractivity contribution in [2.45, 2.75) is 18.5 Å². The second-order valence-corrected chi connectivity index (χ2v) is 5.13. The number of thiophene rings is 1. The fourth-order valence-corrected chi connectivity index (χ4v) is 2.90. The third-order valence-corrected chi connectivity index (χ3v) is 3.97. The van der Waals surface area contributed by atoms with Crippen molar-refractivity contribution in [3.05, 3.63) is 57.8 Å². The predicted octanol–water partition coefficient (Wildman–Crippen LogP) is 4.66. The van der Waals surface area contributed by atoms with Crippen LogP contribution in [0.2, 0.25) is 0 Å². The Morgan fingerprint density at radius 1 is 1.00 bits per heavy atom. The minimum absolute atomic E-state index is 0.0281. The summed E-state index contributed by atoms with van der Waals surface area (Å²) in [6.07, 6.45) is 0.526. The minimum Gasteiger partial charge on any atom is -0.207 e. The first-order valence-corrected chi connectivity index (χ1v) is 6.51. The summed E-state index contributed by atoms with van der Waals surface area (Å²) in [5.41, 5.74) is 0.0281. The fraction of sp³-hybridized carbons (Fsp3) is 0.231. The van der Waals surface area contributed by atoms with Gasteiger partial charge in [0.15, 0.2) is 0 Å². The van der Waals surface area contributed by atoms with Gasteiger partial charge in [-0.2, -0.15) is 10.2 Å². The lowest BCUT2D eigenvalue weighted by atomic mass is 10.00. The molecule has 92 valence electrons. The van der Waals surface area contributed by atoms with E-state index in [0.717, 1.165) is 4.88 Å². The van der Waals surface area contributed by atoms with Crippen LogP contribution < -0.4 is 0 Å². The number of rotatable bonds is 2. The van der Waals surface area contributed by atoms with Crippen LogP contribution in [0.5, 0.6) is 0 Å². The zero-order valence-corrected chi connectivity index (χ0v) is 10.2. The number of nitrogens with zero attached hydrogens (tertiary/aromatic N) is 2. The van der Waals surface area contributed by atoms with Crippen LogP contribution in [-0.4, -0.2) is 0 Å². The molecule has 0 bridgehead atoms. The van der Waals surface area contributed by atoms with E-state index in [1.165, 1.54) is 18.2 Å². The van der Waals surface area contributed by atoms with E-state index in [-0.39, 0.29) is 11.6 Å². The molecular formula is C13H10F2N2S. The lowest BCUT2D eigenvalue weighted by Gasteiger charge is -2.09. The maximum Gasteiger partial charge on any atom is 0.131 e. The highest BCUT2D eigenvalue weighted by atomic mass is 32.1. The highest BCUT2D eigenvalue weighted by Crippen LogP contribution is 2.41. The molecule has 1 aromatic carbocycles. The normalized spacial score (nSPS) is 22.6. The Bertz CT molecular complexity index is 560. The number of hydrogen-bond donors (Lipinski definition) is 0. The van der Waals surface area contributed by atoms with Gasteiger partial charge in [0.25, 0.3) is 0 Å². The predicted molar refractivity (Wildman–Crippen MR) is 65.6 cm³/mol. The van der Waals surface area contributed by atoms with E-state index in [4.69, 9.17) is 0 Å². The topological polar surface area (TPSA) is 24.7 Å². The summed E-state index contributed by atoms with van der Waals surface area (Å²) in [4.78, 5) is 1.08. The summed E-state index contributed by atoms with van der Waals surface area (Å²) in [7, 11) is 0. The number of azo groups is 1. The van der Waals surface area contributed by atoms with E-state index in [1.54, 1.807) is 11.3 Å². The van der Waals surface area contributed by atoms with Crippen LogP contribution in [0.15, 0.2) is 45.9 Å². The quantitative estimate of drug-likeness (QED) is 0.753. The Kier molecular flexibility index (Phi) is 2.91. The van der Waals surface area contributed by atoms with Crippen molar-refractivity contribution >= 4 is 11.3 Å². The maximum absolute atomic E-state index is 13.6. The van der Waals surface area contributed by atoms with E-state index in [2.05, 4.69) is 10.2 Å². The number of benzene rings is 1. The summed E-state index contributed by atoms with van der Waals surface area (Å²) in [5, 5.41) is 10.1. The van der Waals surface area contributed by atoms with Crippen LogP contribution in [0.25, 0.3) is 0 Å². The van der Waals surface area contributed by atoms with Crippen LogP contribution in [0.4, 0.5) is 8.78 Å². The Morgan fingerprint density at radius 3 is 2.39 bits per heavy atom. The van der Waals surface area contributed by atoms with Crippen LogP contribution in [0.1, 0.15) is 28.9 Å². The summed E-state index contributed by atoms with van der Waals surface area (Å²) in [6.45, 7) is 0. The SMILES string of the molecule is Fc1cccc(F)c1C1CC(c2cccs2)N=N1. The van der Waals surface area contributed by atoms with E-state index < -0.39 is 17.7 Å². The largest absolute Gasteiger partial charge is 0.207 e. The van der Waals surface area contributed by atoms with E-state index in [9.17, 15) is 8.78 Å². The lowest BCUT2D eigenvalue weighted by Crippen LogP contribution is -2.01. The summed E-state index contributed by atoms with van der Waals surface area (Å²) in [6, 6.07) is 7.18. The van der Waals surface area contributed by atoms with Crippen LogP contribution in [0.3, 0.4) is 0 Å². The standard InChI is InChI=1S/C13H10F2N2S/c14-8-3-1-4-9(15)13(8)11-7-10(16-17-11)12-5-2-6-18-12/h1-6,10-11H,7H2. The van der Waals surface area contributed by atoms with E-state index in [1.807, 2.05) is 17.5 Å². The number of halogens is 2. The molecule has 5 heteroatoms. The van der Waals surface area contributed by atoms with Gasteiger partial charge in [0, 0.05) is 16.9 Å². The fourth-order valence-electron chi connectivity index (χ4n) is 2.13. The molecule has 0 saturated carbocycles. The second kappa shape index (κ2) is 4.57. The molecule has 1 aliphatic rings. The zero-order valence-electron chi connectivity index (χ0n) is 9.38. The third-order valence-electron chi connectivity index (χ3n) is 3.00. The van der Waals surface area contributed by atoms with Crippen LogP contribution in [-0.2, 0) is 0 Å². The first-order valence-electron chi connectivity index (χ1n) is 5.63. The molecule has 2 nitrogen and oxygen atoms in total. The molecule has 0 spiro atoms. The van der Waals surface area contributed by atoms with Crippen molar-refractivity contribution in [2.24, 2.45) is 10.2 Å². The molecule has 0 fully saturated rings. The molecule has 3 rings (SSSR count). The number of hydrogen-bond acceptors (Lipinski definition) is 3. The van der Waals surface area contributed by atoms with Gasteiger partial charge in [-0.1, -0.05) is 12.1 Å². The van der Waals surface area contributed by atoms with Crippen LogP contribution in [0, 0.1) is 11.6 Å². The van der Waals surface area contributed by atoms with Crippen molar-refractivity contribution in [2.75, 3.05) is 0 Å². The Morgan fingerprint density at radius 2 is 1.72 bits per heavy atom. The molecule has 1 aromatic heterocycles. The van der Waals surface area contributed by atoms with Gasteiger partial charge in [0.05, 0.1) is 0 Å². The van der Waals surface area contributed by atoms with Gasteiger partial charge in [-0.25, -0.2) is 8.78 Å². The van der Waals surface area contributed by atoms with Gasteiger partial charge in [-0.15, -0.1) is 11.3 Å². The summed E-state index contributed by atoms with van der Waals surface area (Å²) < 4.78 is 27.3. The first-order chi connectivity index (χ1) is 8.75. The molecular weight excluding hydrogens is 254 g/mol. The lowest BCUT2D eigenvalue weighted by molar-refractivity contribution is 0.521. The Hall–Kier alpha value is -1.62. The van der Waals surface area contributed by atoms with Crippen molar-refractivity contribution in [1.29, 1.82) is 0 Å². The highest BCUT2D eigenvalue weighted by Gasteiger charge is 2.29. The maximum atomic E-state index is 13.6. The average Bonchev–Trinajstić information content (AvgIpc) is 2.99. The molecule has 0 N–H and O–H groups in total. The summed E-state index contributed by atoms with van der Waals surface area (Å²) in [5.74, 6) is -1.10. The second-order valence-electron chi connectivity index (χ2n) is 4.15. The van der Waals surface area contributed by atoms with Crippen LogP contribution >= 0.6 is 11.3 Å². The zero-order chi connectivity index (χ0) is 12.5. The van der Waals surface area contributed by atoms with Gasteiger partial charge < -0.3 is 0 Å². The van der Waals surface area contributed by atoms with Gasteiger partial charge >= 0.3 is 0 Å². The molecule has 2 unspecified atom stereocenters. The molecule has 2 heterocycles. The van der Waals surface area contributed by atoms with Gasteiger partial charge in [-0.05, 0) is 23.6 Å². The minimum atomic E-state index is -0.550. The highest BCUT2D eigenvalue weighted by molar-refractivity contribution is 7.10. The van der Waals surface area contributed by atoms with Crippen molar-refractivity contribution in [3.8, 4) is 0 Å². The van der Waals surface area contributed by atoms with Gasteiger partial charge in [0.1, 0.15) is 23.7 Å². The van der Waals surface area contributed by atoms with Gasteiger partial charge in [0.2, 0.25) is 0 Å².